The van der Waals surface area contributed by atoms with E-state index in [0.29, 0.717) is 24.7 Å². The number of benzene rings is 2. The van der Waals surface area contributed by atoms with Crippen molar-refractivity contribution in [3.63, 3.8) is 0 Å². The third-order valence-corrected chi connectivity index (χ3v) is 4.51. The predicted molar refractivity (Wildman–Crippen MR) is 98.3 cm³/mol. The number of aliphatic carboxylic acids is 1. The van der Waals surface area contributed by atoms with Crippen molar-refractivity contribution >= 4 is 22.8 Å². The summed E-state index contributed by atoms with van der Waals surface area (Å²) in [4.78, 5) is 27.6. The number of aromatic amines is 1. The number of rotatable bonds is 5. The molecule has 0 saturated carbocycles. The fourth-order valence-corrected chi connectivity index (χ4v) is 3.21. The molecule has 0 aliphatic carbocycles. The second-order valence-electron chi connectivity index (χ2n) is 6.26. The molecule has 1 unspecified atom stereocenters. The summed E-state index contributed by atoms with van der Waals surface area (Å²) in [5, 5.41) is 13.1. The fourth-order valence-electron chi connectivity index (χ4n) is 3.21. The second-order valence-corrected chi connectivity index (χ2v) is 6.26. The van der Waals surface area contributed by atoms with E-state index in [2.05, 4.69) is 10.3 Å². The monoisotopic (exact) mass is 366 g/mol. The van der Waals surface area contributed by atoms with E-state index in [1.807, 2.05) is 24.3 Å². The van der Waals surface area contributed by atoms with E-state index >= 15 is 0 Å². The molecule has 0 bridgehead atoms. The Labute approximate surface area is 154 Å². The molecule has 1 atom stereocenters. The van der Waals surface area contributed by atoms with Crippen molar-refractivity contribution in [3.8, 4) is 11.5 Å². The second kappa shape index (κ2) is 7.03. The number of amides is 1. The van der Waals surface area contributed by atoms with Crippen LogP contribution < -0.4 is 14.8 Å². The zero-order chi connectivity index (χ0) is 18.8. The molecule has 27 heavy (non-hydrogen) atoms. The van der Waals surface area contributed by atoms with Crippen LogP contribution in [-0.4, -0.2) is 41.2 Å². The van der Waals surface area contributed by atoms with E-state index in [-0.39, 0.29) is 12.0 Å². The predicted octanol–water partition coefficient (Wildman–Crippen LogP) is 2.36. The first-order chi connectivity index (χ1) is 13.1. The number of carboxylic acid groups (broad SMARTS) is 1. The van der Waals surface area contributed by atoms with Crippen molar-refractivity contribution in [2.45, 2.75) is 12.5 Å². The van der Waals surface area contributed by atoms with Gasteiger partial charge in [0.05, 0.1) is 5.56 Å². The van der Waals surface area contributed by atoms with Crippen molar-refractivity contribution in [3.05, 3.63) is 59.8 Å². The number of carbonyl (C=O) groups is 2. The van der Waals surface area contributed by atoms with E-state index in [0.717, 1.165) is 16.5 Å². The van der Waals surface area contributed by atoms with Crippen LogP contribution in [0.3, 0.4) is 0 Å². The molecule has 0 radical (unpaired) electrons. The molecule has 1 aromatic heterocycles. The molecule has 1 amide bonds. The number of H-pyrrole nitrogens is 1. The van der Waals surface area contributed by atoms with Crippen LogP contribution in [0.4, 0.5) is 0 Å². The molecule has 0 spiro atoms. The zero-order valence-electron chi connectivity index (χ0n) is 14.4. The van der Waals surface area contributed by atoms with E-state index in [4.69, 9.17) is 9.47 Å². The highest BCUT2D eigenvalue weighted by atomic mass is 16.6. The molecule has 0 saturated heterocycles. The minimum atomic E-state index is -1.10. The number of fused-ring (bicyclic) bond motifs is 2. The molecule has 1 aliphatic heterocycles. The number of nitrogens with one attached hydrogen (secondary N) is 2. The van der Waals surface area contributed by atoms with Gasteiger partial charge in [-0.25, -0.2) is 4.79 Å². The summed E-state index contributed by atoms with van der Waals surface area (Å²) in [6, 6.07) is 11.5. The lowest BCUT2D eigenvalue weighted by molar-refractivity contribution is -0.139. The van der Waals surface area contributed by atoms with E-state index in [1.165, 1.54) is 0 Å². The van der Waals surface area contributed by atoms with Gasteiger partial charge in [-0.15, -0.1) is 0 Å². The Morgan fingerprint density at radius 3 is 2.78 bits per heavy atom. The zero-order valence-corrected chi connectivity index (χ0v) is 14.4. The van der Waals surface area contributed by atoms with Gasteiger partial charge in [-0.05, 0) is 23.8 Å². The SMILES string of the molecule is O=C(NC(Cc1c[nH]c2ccccc12)C(=O)O)c1cccc2c1OCCO2. The van der Waals surface area contributed by atoms with Gasteiger partial charge in [0.25, 0.3) is 5.91 Å². The Morgan fingerprint density at radius 2 is 1.93 bits per heavy atom. The molecule has 4 rings (SSSR count). The van der Waals surface area contributed by atoms with E-state index < -0.39 is 17.9 Å². The summed E-state index contributed by atoms with van der Waals surface area (Å²) in [5.41, 5.74) is 2.01. The topological polar surface area (TPSA) is 101 Å². The van der Waals surface area contributed by atoms with Gasteiger partial charge in [0, 0.05) is 23.5 Å². The highest BCUT2D eigenvalue weighted by Crippen LogP contribution is 2.33. The Bertz CT molecular complexity index is 1010. The van der Waals surface area contributed by atoms with Crippen LogP contribution in [-0.2, 0) is 11.2 Å². The first-order valence-electron chi connectivity index (χ1n) is 8.61. The fraction of sp³-hybridized carbons (Fsp3) is 0.200. The average Bonchev–Trinajstić information content (AvgIpc) is 3.10. The number of para-hydroxylation sites is 2. The third-order valence-electron chi connectivity index (χ3n) is 4.51. The summed E-state index contributed by atoms with van der Waals surface area (Å²) in [6.07, 6.45) is 1.94. The van der Waals surface area contributed by atoms with Crippen LogP contribution in [0.2, 0.25) is 0 Å². The smallest absolute Gasteiger partial charge is 0.326 e. The number of aromatic nitrogens is 1. The maximum atomic E-state index is 12.7. The lowest BCUT2D eigenvalue weighted by Crippen LogP contribution is -2.42. The molecule has 2 heterocycles. The van der Waals surface area contributed by atoms with Crippen LogP contribution in [0.5, 0.6) is 11.5 Å². The number of hydrogen-bond acceptors (Lipinski definition) is 4. The van der Waals surface area contributed by atoms with Crippen molar-refractivity contribution in [2.24, 2.45) is 0 Å². The standard InChI is InChI=1S/C20H18N2O5/c23-19(14-5-3-7-17-18(14)27-9-8-26-17)22-16(20(24)25)10-12-11-21-15-6-2-1-4-13(12)15/h1-7,11,16,21H,8-10H2,(H,22,23)(H,24,25). The van der Waals surface area contributed by atoms with Crippen molar-refractivity contribution in [2.75, 3.05) is 13.2 Å². The molecule has 0 fully saturated rings. The molecular formula is C20H18N2O5. The lowest BCUT2D eigenvalue weighted by Gasteiger charge is -2.21. The Hall–Kier alpha value is -3.48. The highest BCUT2D eigenvalue weighted by Gasteiger charge is 2.26. The first-order valence-corrected chi connectivity index (χ1v) is 8.61. The third kappa shape index (κ3) is 3.31. The lowest BCUT2D eigenvalue weighted by atomic mass is 10.0. The number of carboxylic acids is 1. The minimum absolute atomic E-state index is 0.164. The number of hydrogen-bond donors (Lipinski definition) is 3. The Balaban J connectivity index is 1.57. The summed E-state index contributed by atoms with van der Waals surface area (Å²) in [5.74, 6) is -0.782. The number of ether oxygens (including phenoxy) is 2. The van der Waals surface area contributed by atoms with Crippen molar-refractivity contribution in [1.29, 1.82) is 0 Å². The molecule has 7 nitrogen and oxygen atoms in total. The van der Waals surface area contributed by atoms with Crippen molar-refractivity contribution < 1.29 is 24.2 Å². The van der Waals surface area contributed by atoms with Crippen LogP contribution in [0.1, 0.15) is 15.9 Å². The van der Waals surface area contributed by atoms with Gasteiger partial charge < -0.3 is 24.9 Å². The summed E-state index contributed by atoms with van der Waals surface area (Å²) >= 11 is 0. The molecule has 3 N–H and O–H groups in total. The maximum absolute atomic E-state index is 12.7. The van der Waals surface area contributed by atoms with Gasteiger partial charge in [0.15, 0.2) is 11.5 Å². The summed E-state index contributed by atoms with van der Waals surface area (Å²) < 4.78 is 11.0. The highest BCUT2D eigenvalue weighted by molar-refractivity contribution is 6.00. The van der Waals surface area contributed by atoms with E-state index in [1.54, 1.807) is 24.4 Å². The molecule has 138 valence electrons. The van der Waals surface area contributed by atoms with Crippen LogP contribution in [0.25, 0.3) is 10.9 Å². The molecule has 3 aromatic rings. The van der Waals surface area contributed by atoms with Crippen LogP contribution in [0.15, 0.2) is 48.7 Å². The van der Waals surface area contributed by atoms with E-state index in [9.17, 15) is 14.7 Å². The van der Waals surface area contributed by atoms with Gasteiger partial charge in [-0.1, -0.05) is 24.3 Å². The average molecular weight is 366 g/mol. The molecular weight excluding hydrogens is 348 g/mol. The Morgan fingerprint density at radius 1 is 1.11 bits per heavy atom. The quantitative estimate of drug-likeness (QED) is 0.644. The number of carbonyl (C=O) groups excluding carboxylic acids is 1. The van der Waals surface area contributed by atoms with Crippen molar-refractivity contribution in [1.82, 2.24) is 10.3 Å². The van der Waals surface area contributed by atoms with Gasteiger partial charge in [-0.2, -0.15) is 0 Å². The summed E-state index contributed by atoms with van der Waals surface area (Å²) in [6.45, 7) is 0.755. The van der Waals surface area contributed by atoms with Crippen LogP contribution >= 0.6 is 0 Å². The van der Waals surface area contributed by atoms with Gasteiger partial charge in [0.1, 0.15) is 19.3 Å². The molecule has 1 aliphatic rings. The minimum Gasteiger partial charge on any atom is -0.486 e. The van der Waals surface area contributed by atoms with Gasteiger partial charge >= 0.3 is 5.97 Å². The maximum Gasteiger partial charge on any atom is 0.326 e. The van der Waals surface area contributed by atoms with Gasteiger partial charge in [-0.3, -0.25) is 4.79 Å². The van der Waals surface area contributed by atoms with Crippen LogP contribution in [0, 0.1) is 0 Å². The molecule has 7 heteroatoms. The Kier molecular flexibility index (Phi) is 4.42. The molecule has 2 aromatic carbocycles. The van der Waals surface area contributed by atoms with Gasteiger partial charge in [0.2, 0.25) is 0 Å². The largest absolute Gasteiger partial charge is 0.486 e. The first kappa shape index (κ1) is 17.0. The normalized spacial score (nSPS) is 13.9. The summed E-state index contributed by atoms with van der Waals surface area (Å²) in [7, 11) is 0.